The number of carbonyl (C=O) groups is 4. The van der Waals surface area contributed by atoms with Crippen molar-refractivity contribution in [3.63, 3.8) is 0 Å². The molecule has 0 unspecified atom stereocenters. The summed E-state index contributed by atoms with van der Waals surface area (Å²) in [6.07, 6.45) is 13.1. The summed E-state index contributed by atoms with van der Waals surface area (Å²) in [5.74, 6) is -0.0687. The van der Waals surface area contributed by atoms with Gasteiger partial charge in [-0.3, -0.25) is 14.4 Å². The van der Waals surface area contributed by atoms with E-state index in [0.717, 1.165) is 51.4 Å². The van der Waals surface area contributed by atoms with Crippen LogP contribution >= 0.6 is 0 Å². The number of carbonyl (C=O) groups excluding carboxylic acids is 4. The van der Waals surface area contributed by atoms with E-state index in [1.54, 1.807) is 14.1 Å². The average Bonchev–Trinajstić information content (AvgIpc) is 2.82. The molecule has 34 heavy (non-hydrogen) atoms. The number of ether oxygens (including phenoxy) is 1. The number of likely N-dealkylation sites (N-methyl/N-ethyl adjacent to an activating group) is 1. The van der Waals surface area contributed by atoms with Crippen LogP contribution in [0.3, 0.4) is 0 Å². The summed E-state index contributed by atoms with van der Waals surface area (Å²) < 4.78 is 4.80. The van der Waals surface area contributed by atoms with Crippen LogP contribution in [0.25, 0.3) is 0 Å². The van der Waals surface area contributed by atoms with Crippen LogP contribution in [0, 0.1) is 0 Å². The molecule has 0 atom stereocenters. The van der Waals surface area contributed by atoms with E-state index in [2.05, 4.69) is 22.5 Å². The maximum absolute atomic E-state index is 12.2. The number of unbranched alkanes of at least 4 members (excludes halogenated alkanes) is 9. The minimum absolute atomic E-state index is 0.0520. The molecule has 9 heteroatoms. The SMILES string of the molecule is C=CCOC(=O)NCCCCCC(=O)N(C)CC(=O)NCCCCCCCCCCC(=O)NC. The molecule has 0 saturated carbocycles. The van der Waals surface area contributed by atoms with Gasteiger partial charge in [0.05, 0.1) is 6.54 Å². The highest BCUT2D eigenvalue weighted by Crippen LogP contribution is 2.09. The first kappa shape index (κ1) is 31.4. The lowest BCUT2D eigenvalue weighted by Crippen LogP contribution is -2.38. The van der Waals surface area contributed by atoms with Crippen molar-refractivity contribution in [2.75, 3.05) is 40.3 Å². The maximum atomic E-state index is 12.2. The summed E-state index contributed by atoms with van der Waals surface area (Å²) in [6, 6.07) is 0. The van der Waals surface area contributed by atoms with Crippen molar-refractivity contribution in [2.24, 2.45) is 0 Å². The minimum atomic E-state index is -0.465. The highest BCUT2D eigenvalue weighted by Gasteiger charge is 2.12. The van der Waals surface area contributed by atoms with E-state index >= 15 is 0 Å². The van der Waals surface area contributed by atoms with Crippen LogP contribution in [0.2, 0.25) is 0 Å². The highest BCUT2D eigenvalue weighted by atomic mass is 16.5. The van der Waals surface area contributed by atoms with Crippen molar-refractivity contribution in [2.45, 2.75) is 83.5 Å². The van der Waals surface area contributed by atoms with Gasteiger partial charge in [-0.05, 0) is 25.7 Å². The van der Waals surface area contributed by atoms with Gasteiger partial charge in [-0.25, -0.2) is 4.79 Å². The normalized spacial score (nSPS) is 10.3. The standard InChI is InChI=1S/C25H46N4O5/c1-4-20-34-25(33)28-19-15-11-13-17-24(32)29(3)21-23(31)27-18-14-10-8-6-5-7-9-12-16-22(30)26-2/h4H,1,5-21H2,2-3H3,(H,26,30)(H,27,31)(H,28,33). The van der Waals surface area contributed by atoms with Crippen LogP contribution < -0.4 is 16.0 Å². The Morgan fingerprint density at radius 1 is 0.765 bits per heavy atom. The third-order valence-corrected chi connectivity index (χ3v) is 5.41. The molecule has 0 rings (SSSR count). The van der Waals surface area contributed by atoms with E-state index in [9.17, 15) is 19.2 Å². The molecular formula is C25H46N4O5. The zero-order valence-electron chi connectivity index (χ0n) is 21.3. The van der Waals surface area contributed by atoms with Gasteiger partial charge in [0.15, 0.2) is 0 Å². The summed E-state index contributed by atoms with van der Waals surface area (Å²) in [7, 11) is 3.31. The Bertz CT molecular complexity index is 598. The van der Waals surface area contributed by atoms with Gasteiger partial charge < -0.3 is 25.6 Å². The molecule has 0 aliphatic heterocycles. The molecule has 3 N–H and O–H groups in total. The first-order valence-electron chi connectivity index (χ1n) is 12.6. The smallest absolute Gasteiger partial charge is 0.407 e. The number of rotatable bonds is 21. The Labute approximate surface area is 205 Å². The van der Waals surface area contributed by atoms with Crippen LogP contribution in [-0.4, -0.2) is 69.1 Å². The van der Waals surface area contributed by atoms with Crippen molar-refractivity contribution < 1.29 is 23.9 Å². The summed E-state index contributed by atoms with van der Waals surface area (Å²) in [4.78, 5) is 48.0. The predicted octanol–water partition coefficient (Wildman–Crippen LogP) is 3.29. The Morgan fingerprint density at radius 2 is 1.29 bits per heavy atom. The van der Waals surface area contributed by atoms with E-state index in [1.807, 2.05) is 0 Å². The van der Waals surface area contributed by atoms with E-state index in [4.69, 9.17) is 4.74 Å². The van der Waals surface area contributed by atoms with Crippen molar-refractivity contribution in [3.8, 4) is 0 Å². The molecule has 4 amide bonds. The Hall–Kier alpha value is -2.58. The molecular weight excluding hydrogens is 436 g/mol. The van der Waals surface area contributed by atoms with Crippen molar-refractivity contribution >= 4 is 23.8 Å². The third-order valence-electron chi connectivity index (χ3n) is 5.41. The monoisotopic (exact) mass is 482 g/mol. The van der Waals surface area contributed by atoms with Gasteiger partial charge >= 0.3 is 6.09 Å². The fourth-order valence-electron chi connectivity index (χ4n) is 3.33. The number of amides is 4. The van der Waals surface area contributed by atoms with E-state index in [0.29, 0.717) is 32.4 Å². The second kappa shape index (κ2) is 22.2. The molecule has 9 nitrogen and oxygen atoms in total. The van der Waals surface area contributed by atoms with E-state index < -0.39 is 6.09 Å². The molecule has 0 aliphatic carbocycles. The van der Waals surface area contributed by atoms with Crippen LogP contribution in [0.1, 0.15) is 83.5 Å². The largest absolute Gasteiger partial charge is 0.445 e. The lowest BCUT2D eigenvalue weighted by atomic mass is 10.1. The van der Waals surface area contributed by atoms with Crippen molar-refractivity contribution in [1.29, 1.82) is 0 Å². The molecule has 0 radical (unpaired) electrons. The first-order valence-corrected chi connectivity index (χ1v) is 12.6. The summed E-state index contributed by atoms with van der Waals surface area (Å²) in [6.45, 7) is 4.87. The molecule has 0 heterocycles. The van der Waals surface area contributed by atoms with E-state index in [-0.39, 0.29) is 30.9 Å². The number of hydrogen-bond acceptors (Lipinski definition) is 5. The zero-order chi connectivity index (χ0) is 25.4. The number of alkyl carbamates (subject to hydrolysis) is 1. The summed E-state index contributed by atoms with van der Waals surface area (Å²) >= 11 is 0. The molecule has 0 fully saturated rings. The molecule has 0 aromatic carbocycles. The Morgan fingerprint density at radius 3 is 1.91 bits per heavy atom. The molecule has 0 aliphatic rings. The van der Waals surface area contributed by atoms with Gasteiger partial charge in [0.25, 0.3) is 0 Å². The molecule has 0 aromatic rings. The van der Waals surface area contributed by atoms with Gasteiger partial charge in [-0.2, -0.15) is 0 Å². The van der Waals surface area contributed by atoms with Gasteiger partial charge in [0.2, 0.25) is 17.7 Å². The molecule has 0 bridgehead atoms. The summed E-state index contributed by atoms with van der Waals surface area (Å²) in [5.41, 5.74) is 0. The lowest BCUT2D eigenvalue weighted by Gasteiger charge is -2.17. The second-order valence-electron chi connectivity index (χ2n) is 8.48. The van der Waals surface area contributed by atoms with Crippen LogP contribution in [0.5, 0.6) is 0 Å². The van der Waals surface area contributed by atoms with Gasteiger partial charge in [0, 0.05) is 40.0 Å². The van der Waals surface area contributed by atoms with Gasteiger partial charge in [-0.1, -0.05) is 57.6 Å². The number of hydrogen-bond donors (Lipinski definition) is 3. The summed E-state index contributed by atoms with van der Waals surface area (Å²) in [5, 5.41) is 8.16. The lowest BCUT2D eigenvalue weighted by molar-refractivity contribution is -0.134. The van der Waals surface area contributed by atoms with Crippen molar-refractivity contribution in [1.82, 2.24) is 20.9 Å². The molecule has 0 saturated heterocycles. The zero-order valence-corrected chi connectivity index (χ0v) is 21.3. The fourth-order valence-corrected chi connectivity index (χ4v) is 3.33. The van der Waals surface area contributed by atoms with Gasteiger partial charge in [0.1, 0.15) is 6.61 Å². The average molecular weight is 483 g/mol. The van der Waals surface area contributed by atoms with Crippen LogP contribution in [-0.2, 0) is 19.1 Å². The number of nitrogens with zero attached hydrogens (tertiary/aromatic N) is 1. The quantitative estimate of drug-likeness (QED) is 0.171. The second-order valence-corrected chi connectivity index (χ2v) is 8.48. The fraction of sp³-hybridized carbons (Fsp3) is 0.760. The first-order chi connectivity index (χ1) is 16.4. The topological polar surface area (TPSA) is 117 Å². The van der Waals surface area contributed by atoms with Crippen LogP contribution in [0.15, 0.2) is 12.7 Å². The molecule has 0 spiro atoms. The van der Waals surface area contributed by atoms with Crippen LogP contribution in [0.4, 0.5) is 4.79 Å². The number of nitrogens with one attached hydrogen (secondary N) is 3. The van der Waals surface area contributed by atoms with Crippen molar-refractivity contribution in [3.05, 3.63) is 12.7 Å². The Kier molecular flexibility index (Phi) is 20.5. The highest BCUT2D eigenvalue weighted by molar-refractivity contribution is 5.84. The Balaban J connectivity index is 3.56. The maximum Gasteiger partial charge on any atom is 0.407 e. The molecule has 196 valence electrons. The molecule has 0 aromatic heterocycles. The predicted molar refractivity (Wildman–Crippen MR) is 134 cm³/mol. The third kappa shape index (κ3) is 20.1. The minimum Gasteiger partial charge on any atom is -0.445 e. The van der Waals surface area contributed by atoms with Gasteiger partial charge in [-0.15, -0.1) is 0 Å². The van der Waals surface area contributed by atoms with E-state index in [1.165, 1.54) is 23.8 Å².